The Hall–Kier alpha value is -15.6. The molecule has 0 N–H and O–H groups in total. The Labute approximate surface area is 843 Å². The maximum atomic E-state index is 6.94. The summed E-state index contributed by atoms with van der Waals surface area (Å²) in [5, 5.41) is 22.2. The second-order valence-electron chi connectivity index (χ2n) is 45.4. The van der Waals surface area contributed by atoms with Crippen LogP contribution in [0.15, 0.2) is 333 Å². The summed E-state index contributed by atoms with van der Waals surface area (Å²) in [4.78, 5) is 9.65. The van der Waals surface area contributed by atoms with E-state index < -0.39 is 0 Å². The molecule has 0 aliphatic heterocycles. The van der Waals surface area contributed by atoms with Gasteiger partial charge in [-0.2, -0.15) is 0 Å². The highest BCUT2D eigenvalue weighted by Gasteiger charge is 2.30. The van der Waals surface area contributed by atoms with Gasteiger partial charge in [0.25, 0.3) is 0 Å². The topological polar surface area (TPSA) is 65.5 Å². The van der Waals surface area contributed by atoms with Crippen molar-refractivity contribution in [1.82, 2.24) is 0 Å². The van der Waals surface area contributed by atoms with Crippen molar-refractivity contribution in [2.75, 3.05) is 19.6 Å². The van der Waals surface area contributed by atoms with Gasteiger partial charge in [0.1, 0.15) is 44.7 Å². The first-order valence-electron chi connectivity index (χ1n) is 51.1. The molecular formula is C136H122N4O4. The Kier molecular flexibility index (Phi) is 21.1. The van der Waals surface area contributed by atoms with E-state index in [4.69, 9.17) is 17.7 Å². The minimum absolute atomic E-state index is 0.00575. The summed E-state index contributed by atoms with van der Waals surface area (Å²) in [6.45, 7) is 49.9. The van der Waals surface area contributed by atoms with Gasteiger partial charge in [-0.05, 0) is 507 Å². The number of hydrogen-bond acceptors (Lipinski definition) is 8. The van der Waals surface area contributed by atoms with Crippen LogP contribution in [0.3, 0.4) is 0 Å². The van der Waals surface area contributed by atoms with Crippen molar-refractivity contribution >= 4 is 221 Å². The third-order valence-electron chi connectivity index (χ3n) is 32.2. The summed E-state index contributed by atoms with van der Waals surface area (Å²) < 4.78 is 27.6. The van der Waals surface area contributed by atoms with Crippen LogP contribution >= 0.6 is 0 Å². The van der Waals surface area contributed by atoms with Crippen molar-refractivity contribution < 1.29 is 17.7 Å². The molecular weight excluding hydrogens is 1750 g/mol. The summed E-state index contributed by atoms with van der Waals surface area (Å²) >= 11 is 0. The molecule has 0 fully saturated rings. The minimum Gasteiger partial charge on any atom is -0.456 e. The number of benzene rings is 20. The number of furan rings is 4. The molecule has 8 heteroatoms. The molecule has 0 radical (unpaired) electrons. The van der Waals surface area contributed by atoms with Crippen LogP contribution in [0.1, 0.15) is 172 Å². The second kappa shape index (κ2) is 33.5. The standard InChI is InChI=1S/C136H122N4O4/c1-77-49-112(50-78(2)85(77)9)139(113-51-79(3)86(10)80(4)52-113)110-37-25-90-63-119-123-67-97-68-124-120-64-91-26-38-111(60-95(91)72-128(120)144-132(124)76-99(97)75-131(123)143-127(119)71-94(90)59-110)140(114-53-81(5)87(11)82(6)54-114)115-55-83(7)116(84(8)56-115)47-48-136(21,22)103-33-45-107(46-34-103)138(106-43-31-102(32-44-106)135(18,19)20)109-36-24-89-62-118-122-66-96-65-121-117-61-88-23-35-108(57-92(88)69-125(117)141-129(121)73-98(96)74-130(122)142-126(118)70-93(89)58-109)137(104-39-27-100(28-40-104)133(12,13)14)105-41-29-101(30-42-105)134(15,16)17/h23-46,49-76H,47-48H2,1-22H3. The van der Waals surface area contributed by atoms with E-state index in [1.165, 1.54) is 89.0 Å². The van der Waals surface area contributed by atoms with Gasteiger partial charge in [-0.1, -0.05) is 149 Å². The van der Waals surface area contributed by atoms with Crippen molar-refractivity contribution in [3.63, 3.8) is 0 Å². The molecule has 0 unspecified atom stereocenters. The normalized spacial score (nSPS) is 12.6. The molecule has 24 rings (SSSR count). The SMILES string of the molecule is Cc1cc(N(c2cc(C)c(C)c(C)c2)c2ccc3cc4c(cc3c2)oc2cc3cc5oc6cc7cc(N(c8cc(C)c(C)c(C)c8)c8cc(C)c(CCC(C)(C)c9ccc(N(c%10ccc(C(C)(C)C)cc%10)c%10ccc%11cc%12c(cc%11c%10)oc%10cc%11cc%13oc%14cc%15cc(N(c%16ccc(C(C)(C)C)cc%16)c%16ccc(C(C)(C)C)cc%16)ccc%15cc%14c%13cc%11cc%10%12)cc9)c(C)c8)ccc7cc6c5cc3cc24)cc(C)c1C. The van der Waals surface area contributed by atoms with Crippen molar-refractivity contribution in [2.24, 2.45) is 0 Å². The van der Waals surface area contributed by atoms with Crippen LogP contribution in [0.5, 0.6) is 0 Å². The fourth-order valence-corrected chi connectivity index (χ4v) is 22.7. The number of hydrogen-bond donors (Lipinski definition) is 0. The number of nitrogens with zero attached hydrogens (tertiary/aromatic N) is 4. The first kappa shape index (κ1) is 90.9. The van der Waals surface area contributed by atoms with Gasteiger partial charge in [0, 0.05) is 111 Å². The van der Waals surface area contributed by atoms with E-state index in [2.05, 4.69) is 487 Å². The lowest BCUT2D eigenvalue weighted by molar-refractivity contribution is 0.479. The number of aryl methyl sites for hydroxylation is 8. The molecule has 144 heavy (non-hydrogen) atoms. The van der Waals surface area contributed by atoms with Gasteiger partial charge in [-0.25, -0.2) is 0 Å². The fourth-order valence-electron chi connectivity index (χ4n) is 22.7. The summed E-state index contributed by atoms with van der Waals surface area (Å²) in [5.41, 5.74) is 40.9. The van der Waals surface area contributed by atoms with E-state index in [0.717, 1.165) is 233 Å². The maximum Gasteiger partial charge on any atom is 0.136 e. The lowest BCUT2D eigenvalue weighted by atomic mass is 9.78. The zero-order valence-corrected chi connectivity index (χ0v) is 86.9. The summed E-state index contributed by atoms with van der Waals surface area (Å²) in [6, 6.07) is 119. The van der Waals surface area contributed by atoms with Crippen molar-refractivity contribution in [1.29, 1.82) is 0 Å². The average molecular weight is 1880 g/mol. The second-order valence-corrected chi connectivity index (χ2v) is 45.4. The zero-order chi connectivity index (χ0) is 99.7. The molecule has 4 heterocycles. The smallest absolute Gasteiger partial charge is 0.136 e. The quantitative estimate of drug-likeness (QED) is 0.0948. The molecule has 8 nitrogen and oxygen atoms in total. The van der Waals surface area contributed by atoms with Crippen molar-refractivity contribution in [2.45, 2.75) is 187 Å². The number of rotatable bonds is 16. The van der Waals surface area contributed by atoms with Gasteiger partial charge < -0.3 is 37.3 Å². The van der Waals surface area contributed by atoms with Gasteiger partial charge in [0.05, 0.1) is 0 Å². The Morgan fingerprint density at radius 2 is 0.354 bits per heavy atom. The van der Waals surface area contributed by atoms with Crippen LogP contribution in [-0.4, -0.2) is 0 Å². The lowest BCUT2D eigenvalue weighted by Gasteiger charge is -2.30. The van der Waals surface area contributed by atoms with Gasteiger partial charge >= 0.3 is 0 Å². The number of fused-ring (bicyclic) bond motifs is 18. The summed E-state index contributed by atoms with van der Waals surface area (Å²) in [7, 11) is 0. The summed E-state index contributed by atoms with van der Waals surface area (Å²) in [6.07, 6.45) is 1.88. The average Bonchev–Trinajstić information content (AvgIpc) is 1.57. The van der Waals surface area contributed by atoms with Gasteiger partial charge in [0.2, 0.25) is 0 Å². The largest absolute Gasteiger partial charge is 0.456 e. The highest BCUT2D eigenvalue weighted by Crippen LogP contribution is 2.51. The van der Waals surface area contributed by atoms with Gasteiger partial charge in [-0.15, -0.1) is 0 Å². The molecule has 4 aromatic heterocycles. The van der Waals surface area contributed by atoms with Crippen LogP contribution in [0.2, 0.25) is 0 Å². The Morgan fingerprint density at radius 1 is 0.174 bits per heavy atom. The van der Waals surface area contributed by atoms with E-state index in [0.29, 0.717) is 0 Å². The molecule has 0 aliphatic rings. The van der Waals surface area contributed by atoms with Crippen LogP contribution in [0.4, 0.5) is 68.2 Å². The van der Waals surface area contributed by atoms with E-state index >= 15 is 0 Å². The number of anilines is 12. The molecule has 0 bridgehead atoms. The Bertz CT molecular complexity index is 9270. The molecule has 0 saturated heterocycles. The zero-order valence-electron chi connectivity index (χ0n) is 86.9. The molecule has 0 saturated carbocycles. The molecule has 0 spiro atoms. The molecule has 0 amide bonds. The van der Waals surface area contributed by atoms with E-state index in [-0.39, 0.29) is 21.7 Å². The van der Waals surface area contributed by atoms with Crippen LogP contribution < -0.4 is 19.6 Å². The first-order valence-corrected chi connectivity index (χ1v) is 51.1. The Balaban J connectivity index is 0.498. The molecule has 0 atom stereocenters. The lowest BCUT2D eigenvalue weighted by Crippen LogP contribution is -2.19. The van der Waals surface area contributed by atoms with Crippen LogP contribution in [0.25, 0.3) is 152 Å². The van der Waals surface area contributed by atoms with Crippen LogP contribution in [-0.2, 0) is 28.1 Å². The van der Waals surface area contributed by atoms with Gasteiger partial charge in [-0.3, -0.25) is 0 Å². The van der Waals surface area contributed by atoms with E-state index in [1.807, 2.05) is 0 Å². The predicted molar refractivity (Wildman–Crippen MR) is 615 cm³/mol. The monoisotopic (exact) mass is 1870 g/mol. The molecule has 20 aromatic carbocycles. The van der Waals surface area contributed by atoms with Crippen molar-refractivity contribution in [3.8, 4) is 0 Å². The third kappa shape index (κ3) is 15.8. The molecule has 710 valence electrons. The van der Waals surface area contributed by atoms with Crippen LogP contribution in [0, 0.1) is 76.2 Å². The highest BCUT2D eigenvalue weighted by molar-refractivity contribution is 6.21. The van der Waals surface area contributed by atoms with Crippen molar-refractivity contribution in [3.05, 3.63) is 404 Å². The fraction of sp³-hybridized carbons (Fsp3) is 0.206. The molecule has 24 aromatic rings. The third-order valence-corrected chi connectivity index (χ3v) is 32.2. The highest BCUT2D eigenvalue weighted by atomic mass is 16.3. The Morgan fingerprint density at radius 3 is 0.576 bits per heavy atom. The van der Waals surface area contributed by atoms with Gasteiger partial charge in [0.15, 0.2) is 0 Å². The summed E-state index contributed by atoms with van der Waals surface area (Å²) in [5.74, 6) is 0. The van der Waals surface area contributed by atoms with E-state index in [1.54, 1.807) is 0 Å². The molecule has 0 aliphatic carbocycles. The van der Waals surface area contributed by atoms with E-state index in [9.17, 15) is 0 Å². The predicted octanol–water partition coefficient (Wildman–Crippen LogP) is 40.3. The maximum absolute atomic E-state index is 6.94. The first-order chi connectivity index (χ1) is 68.9. The minimum atomic E-state index is -0.154.